The van der Waals surface area contributed by atoms with Crippen LogP contribution in [0.2, 0.25) is 0 Å². The van der Waals surface area contributed by atoms with Gasteiger partial charge < -0.3 is 9.64 Å². The van der Waals surface area contributed by atoms with E-state index in [0.29, 0.717) is 23.9 Å². The van der Waals surface area contributed by atoms with Gasteiger partial charge in [-0.25, -0.2) is 5.84 Å². The Balaban J connectivity index is 2.31. The van der Waals surface area contributed by atoms with Crippen molar-refractivity contribution in [2.24, 2.45) is 11.8 Å². The second-order valence-corrected chi connectivity index (χ2v) is 4.43. The summed E-state index contributed by atoms with van der Waals surface area (Å²) in [6.07, 6.45) is 1.14. The molecule has 94 valence electrons. The number of nitrogens with two attached hydrogens (primary N) is 1. The minimum Gasteiger partial charge on any atom is -0.467 e. The summed E-state index contributed by atoms with van der Waals surface area (Å²) in [5.74, 6) is 6.90. The van der Waals surface area contributed by atoms with Crippen molar-refractivity contribution in [3.8, 4) is 6.01 Å². The normalized spacial score (nSPS) is 23.9. The first-order valence-electron chi connectivity index (χ1n) is 5.67. The molecule has 7 nitrogen and oxygen atoms in total. The van der Waals surface area contributed by atoms with Crippen molar-refractivity contribution in [2.75, 3.05) is 24.0 Å². The van der Waals surface area contributed by atoms with Crippen molar-refractivity contribution in [1.29, 1.82) is 0 Å². The minimum absolute atomic E-state index is 0.273. The molecule has 2 atom stereocenters. The molecule has 1 saturated heterocycles. The van der Waals surface area contributed by atoms with Crippen LogP contribution in [0, 0.1) is 5.92 Å². The number of rotatable bonds is 3. The van der Waals surface area contributed by atoms with Crippen LogP contribution in [0.3, 0.4) is 0 Å². The lowest BCUT2D eigenvalue weighted by Gasteiger charge is -2.21. The second-order valence-electron chi connectivity index (χ2n) is 4.43. The molecule has 0 radical (unpaired) electrons. The van der Waals surface area contributed by atoms with E-state index in [9.17, 15) is 0 Å². The van der Waals surface area contributed by atoms with Crippen LogP contribution in [0.25, 0.3) is 0 Å². The molecule has 0 aliphatic carbocycles. The van der Waals surface area contributed by atoms with Gasteiger partial charge >= 0.3 is 6.01 Å². The van der Waals surface area contributed by atoms with E-state index >= 15 is 0 Å². The highest BCUT2D eigenvalue weighted by Crippen LogP contribution is 2.27. The topological polar surface area (TPSA) is 89.2 Å². The first kappa shape index (κ1) is 11.8. The molecule has 0 saturated carbocycles. The van der Waals surface area contributed by atoms with Crippen molar-refractivity contribution in [1.82, 2.24) is 15.0 Å². The number of ether oxygens (including phenoxy) is 1. The van der Waals surface area contributed by atoms with Crippen molar-refractivity contribution < 1.29 is 4.74 Å². The van der Waals surface area contributed by atoms with Gasteiger partial charge in [0.25, 0.3) is 0 Å². The molecule has 0 amide bonds. The Hall–Kier alpha value is -1.63. The summed E-state index contributed by atoms with van der Waals surface area (Å²) < 4.78 is 5.03. The van der Waals surface area contributed by atoms with Gasteiger partial charge in [0.2, 0.25) is 11.9 Å². The van der Waals surface area contributed by atoms with Gasteiger partial charge in [0.05, 0.1) is 7.11 Å². The summed E-state index contributed by atoms with van der Waals surface area (Å²) in [6, 6.07) is 0.692. The molecule has 1 aromatic rings. The van der Waals surface area contributed by atoms with Crippen LogP contribution in [-0.4, -0.2) is 34.6 Å². The zero-order chi connectivity index (χ0) is 12.4. The number of nitrogens with one attached hydrogen (secondary N) is 1. The molecule has 2 unspecified atom stereocenters. The maximum Gasteiger partial charge on any atom is 0.322 e. The van der Waals surface area contributed by atoms with Crippen LogP contribution in [-0.2, 0) is 0 Å². The summed E-state index contributed by atoms with van der Waals surface area (Å²) in [6.45, 7) is 5.32. The maximum absolute atomic E-state index is 5.33. The average Bonchev–Trinajstić information content (AvgIpc) is 2.67. The zero-order valence-electron chi connectivity index (χ0n) is 10.3. The highest BCUT2D eigenvalue weighted by Gasteiger charge is 2.28. The summed E-state index contributed by atoms with van der Waals surface area (Å²) >= 11 is 0. The Morgan fingerprint density at radius 2 is 2.12 bits per heavy atom. The molecule has 17 heavy (non-hydrogen) atoms. The maximum atomic E-state index is 5.33. The fraction of sp³-hybridized carbons (Fsp3) is 0.700. The Kier molecular flexibility index (Phi) is 3.28. The van der Waals surface area contributed by atoms with Gasteiger partial charge in [0.15, 0.2) is 0 Å². The highest BCUT2D eigenvalue weighted by atomic mass is 16.5. The summed E-state index contributed by atoms with van der Waals surface area (Å²) in [4.78, 5) is 14.6. The number of anilines is 2. The Morgan fingerprint density at radius 1 is 1.35 bits per heavy atom. The van der Waals surface area contributed by atoms with E-state index in [0.717, 1.165) is 13.0 Å². The lowest BCUT2D eigenvalue weighted by Crippen LogP contribution is -2.29. The predicted molar refractivity (Wildman–Crippen MR) is 64.8 cm³/mol. The highest BCUT2D eigenvalue weighted by molar-refractivity contribution is 5.39. The number of hydrogen-bond donors (Lipinski definition) is 2. The number of nitrogens with zero attached hydrogens (tertiary/aromatic N) is 4. The molecule has 1 fully saturated rings. The van der Waals surface area contributed by atoms with Crippen molar-refractivity contribution >= 4 is 11.9 Å². The van der Waals surface area contributed by atoms with E-state index in [1.807, 2.05) is 0 Å². The first-order chi connectivity index (χ1) is 8.13. The quantitative estimate of drug-likeness (QED) is 0.582. The van der Waals surface area contributed by atoms with Gasteiger partial charge in [-0.15, -0.1) is 0 Å². The van der Waals surface area contributed by atoms with Crippen LogP contribution in [0.4, 0.5) is 11.9 Å². The summed E-state index contributed by atoms with van der Waals surface area (Å²) in [5.41, 5.74) is 2.42. The molecule has 0 spiro atoms. The summed E-state index contributed by atoms with van der Waals surface area (Å²) in [5, 5.41) is 0. The van der Waals surface area contributed by atoms with Crippen LogP contribution in [0.15, 0.2) is 0 Å². The van der Waals surface area contributed by atoms with Crippen LogP contribution in [0.1, 0.15) is 20.3 Å². The Labute approximate surface area is 100 Å². The molecular weight excluding hydrogens is 220 g/mol. The fourth-order valence-corrected chi connectivity index (χ4v) is 2.21. The van der Waals surface area contributed by atoms with Gasteiger partial charge in [-0.2, -0.15) is 15.0 Å². The third kappa shape index (κ3) is 2.38. The molecule has 1 aromatic heterocycles. The second kappa shape index (κ2) is 4.70. The number of nitrogen functional groups attached to an aromatic ring is 1. The number of hydrazine groups is 1. The number of methoxy groups -OCH3 is 1. The van der Waals surface area contributed by atoms with E-state index in [4.69, 9.17) is 10.6 Å². The average molecular weight is 238 g/mol. The first-order valence-corrected chi connectivity index (χ1v) is 5.67. The molecule has 7 heteroatoms. The molecule has 0 bridgehead atoms. The Morgan fingerprint density at radius 3 is 2.65 bits per heavy atom. The number of hydrogen-bond acceptors (Lipinski definition) is 7. The Bertz CT molecular complexity index is 376. The van der Waals surface area contributed by atoms with Crippen molar-refractivity contribution in [3.63, 3.8) is 0 Å². The molecule has 1 aliphatic rings. The van der Waals surface area contributed by atoms with E-state index in [2.05, 4.69) is 39.1 Å². The monoisotopic (exact) mass is 238 g/mol. The molecule has 1 aliphatic heterocycles. The van der Waals surface area contributed by atoms with Crippen LogP contribution < -0.4 is 20.9 Å². The lowest BCUT2D eigenvalue weighted by molar-refractivity contribution is 0.378. The molecule has 0 aromatic carbocycles. The molecular formula is C10H18N6O. The zero-order valence-corrected chi connectivity index (χ0v) is 10.3. The van der Waals surface area contributed by atoms with Gasteiger partial charge in [-0.3, -0.25) is 5.43 Å². The van der Waals surface area contributed by atoms with Crippen LogP contribution in [0.5, 0.6) is 6.01 Å². The minimum atomic E-state index is 0.273. The largest absolute Gasteiger partial charge is 0.467 e. The summed E-state index contributed by atoms with van der Waals surface area (Å²) in [7, 11) is 1.52. The third-order valence-corrected chi connectivity index (χ3v) is 2.96. The van der Waals surface area contributed by atoms with Gasteiger partial charge in [0, 0.05) is 12.6 Å². The van der Waals surface area contributed by atoms with E-state index < -0.39 is 0 Å². The van der Waals surface area contributed by atoms with E-state index in [1.54, 1.807) is 0 Å². The third-order valence-electron chi connectivity index (χ3n) is 2.96. The SMILES string of the molecule is COc1nc(NN)nc(N2CC(C)CC2C)n1. The van der Waals surface area contributed by atoms with E-state index in [1.165, 1.54) is 7.11 Å². The standard InChI is InChI=1S/C10H18N6O/c1-6-4-7(2)16(5-6)9-12-8(15-11)13-10(14-9)17-3/h6-7H,4-5,11H2,1-3H3,(H,12,13,14,15). The lowest BCUT2D eigenvalue weighted by atomic mass is 10.1. The fourth-order valence-electron chi connectivity index (χ4n) is 2.21. The van der Waals surface area contributed by atoms with Crippen LogP contribution >= 0.6 is 0 Å². The van der Waals surface area contributed by atoms with Gasteiger partial charge in [-0.05, 0) is 19.3 Å². The van der Waals surface area contributed by atoms with Crippen molar-refractivity contribution in [2.45, 2.75) is 26.3 Å². The smallest absolute Gasteiger partial charge is 0.322 e. The number of aromatic nitrogens is 3. The molecule has 2 rings (SSSR count). The van der Waals surface area contributed by atoms with Gasteiger partial charge in [0.1, 0.15) is 0 Å². The van der Waals surface area contributed by atoms with Crippen molar-refractivity contribution in [3.05, 3.63) is 0 Å². The van der Waals surface area contributed by atoms with Gasteiger partial charge in [-0.1, -0.05) is 6.92 Å². The predicted octanol–water partition coefficient (Wildman–Crippen LogP) is 0.400. The molecule has 2 heterocycles. The molecule has 3 N–H and O–H groups in total. The van der Waals surface area contributed by atoms with E-state index in [-0.39, 0.29) is 6.01 Å².